The SMILES string of the molecule is BBBCCC1=CC=CC1. The van der Waals surface area contributed by atoms with E-state index in [0.29, 0.717) is 0 Å². The highest BCUT2D eigenvalue weighted by Crippen LogP contribution is 2.15. The van der Waals surface area contributed by atoms with Crippen LogP contribution in [0.2, 0.25) is 6.32 Å². The van der Waals surface area contributed by atoms with Crippen LogP contribution in [-0.2, 0) is 0 Å². The summed E-state index contributed by atoms with van der Waals surface area (Å²) < 4.78 is 0. The topological polar surface area (TPSA) is 0 Å². The highest BCUT2D eigenvalue weighted by Gasteiger charge is 1.98. The van der Waals surface area contributed by atoms with Gasteiger partial charge in [-0.15, -0.1) is 0 Å². The fourth-order valence-corrected chi connectivity index (χ4v) is 1.28. The van der Waals surface area contributed by atoms with Crippen LogP contribution in [0.15, 0.2) is 23.8 Å². The van der Waals surface area contributed by atoms with Crippen molar-refractivity contribution in [3.8, 4) is 0 Å². The zero-order valence-electron chi connectivity index (χ0n) is 6.77. The summed E-state index contributed by atoms with van der Waals surface area (Å²) >= 11 is 0. The van der Waals surface area contributed by atoms with Crippen molar-refractivity contribution in [2.24, 2.45) is 0 Å². The van der Waals surface area contributed by atoms with E-state index in [1.165, 1.54) is 33.4 Å². The van der Waals surface area contributed by atoms with Crippen molar-refractivity contribution >= 4 is 22.0 Å². The molecule has 1 rings (SSSR count). The summed E-state index contributed by atoms with van der Waals surface area (Å²) in [6.45, 7) is 0. The molecule has 0 atom stereocenters. The molecule has 0 heterocycles. The number of hydrogen-bond donors (Lipinski definition) is 0. The van der Waals surface area contributed by atoms with E-state index in [-0.39, 0.29) is 0 Å². The van der Waals surface area contributed by atoms with Crippen LogP contribution >= 0.6 is 0 Å². The zero-order valence-corrected chi connectivity index (χ0v) is 6.77. The van der Waals surface area contributed by atoms with E-state index in [9.17, 15) is 0 Å². The van der Waals surface area contributed by atoms with Crippen molar-refractivity contribution in [2.75, 3.05) is 0 Å². The molecule has 0 fully saturated rings. The molecule has 3 heteroatoms. The molecule has 50 valence electrons. The lowest BCUT2D eigenvalue weighted by Gasteiger charge is -1.97. The quantitative estimate of drug-likeness (QED) is 0.371. The Morgan fingerprint density at radius 1 is 1.60 bits per heavy atom. The fraction of sp³-hybridized carbons (Fsp3) is 0.429. The first-order valence-electron chi connectivity index (χ1n) is 4.28. The molecule has 0 aromatic carbocycles. The largest absolute Gasteiger partial charge is 0.0816 e. The van der Waals surface area contributed by atoms with Gasteiger partial charge in [0.05, 0.1) is 22.0 Å². The van der Waals surface area contributed by atoms with E-state index < -0.39 is 0 Å². The van der Waals surface area contributed by atoms with Gasteiger partial charge in [-0.2, -0.15) is 0 Å². The molecular formula is C7H13B3. The van der Waals surface area contributed by atoms with Crippen LogP contribution in [-0.4, -0.2) is 22.0 Å². The average Bonchev–Trinajstić information content (AvgIpc) is 2.41. The van der Waals surface area contributed by atoms with Gasteiger partial charge in [-0.3, -0.25) is 0 Å². The molecule has 0 amide bonds. The number of allylic oxidation sites excluding steroid dienone is 4. The molecule has 0 aromatic rings. The third kappa shape index (κ3) is 2.51. The molecule has 0 radical (unpaired) electrons. The van der Waals surface area contributed by atoms with Gasteiger partial charge in [-0.1, -0.05) is 30.1 Å². The normalized spacial score (nSPS) is 15.0. The first-order valence-corrected chi connectivity index (χ1v) is 4.28. The van der Waals surface area contributed by atoms with Crippen molar-refractivity contribution in [3.05, 3.63) is 23.8 Å². The van der Waals surface area contributed by atoms with E-state index in [2.05, 4.69) is 26.0 Å². The molecule has 0 saturated heterocycles. The van der Waals surface area contributed by atoms with Crippen molar-refractivity contribution < 1.29 is 0 Å². The zero-order chi connectivity index (χ0) is 7.23. The van der Waals surface area contributed by atoms with Crippen molar-refractivity contribution in [2.45, 2.75) is 19.2 Å². The summed E-state index contributed by atoms with van der Waals surface area (Å²) in [6.07, 6.45) is 10.6. The van der Waals surface area contributed by atoms with E-state index in [1.54, 1.807) is 5.57 Å². The lowest BCUT2D eigenvalue weighted by Crippen LogP contribution is -2.01. The first-order chi connectivity index (χ1) is 4.93. The van der Waals surface area contributed by atoms with Crippen LogP contribution in [0.5, 0.6) is 0 Å². The summed E-state index contributed by atoms with van der Waals surface area (Å²) in [5, 5.41) is 0. The lowest BCUT2D eigenvalue weighted by molar-refractivity contribution is 1.04. The molecular weight excluding hydrogens is 117 g/mol. The third-order valence-electron chi connectivity index (χ3n) is 1.95. The maximum absolute atomic E-state index is 2.26. The van der Waals surface area contributed by atoms with Gasteiger partial charge in [0.25, 0.3) is 0 Å². The fourth-order valence-electron chi connectivity index (χ4n) is 1.28. The Labute approximate surface area is 65.6 Å². The highest BCUT2D eigenvalue weighted by atomic mass is 14.0. The molecule has 0 spiro atoms. The molecule has 0 unspecified atom stereocenters. The minimum Gasteiger partial charge on any atom is -0.0816 e. The van der Waals surface area contributed by atoms with Crippen molar-refractivity contribution in [1.82, 2.24) is 0 Å². The second-order valence-electron chi connectivity index (χ2n) is 2.91. The molecule has 0 nitrogen and oxygen atoms in total. The van der Waals surface area contributed by atoms with Crippen LogP contribution < -0.4 is 0 Å². The van der Waals surface area contributed by atoms with Gasteiger partial charge in [-0.05, 0) is 12.8 Å². The molecule has 0 aromatic heterocycles. The summed E-state index contributed by atoms with van der Waals surface area (Å²) in [5.74, 6) is 0. The van der Waals surface area contributed by atoms with Gasteiger partial charge in [0.15, 0.2) is 0 Å². The van der Waals surface area contributed by atoms with Crippen LogP contribution in [0.3, 0.4) is 0 Å². The smallest absolute Gasteiger partial charge is 0.0784 e. The average molecular weight is 130 g/mol. The van der Waals surface area contributed by atoms with Gasteiger partial charge < -0.3 is 0 Å². The third-order valence-corrected chi connectivity index (χ3v) is 1.95. The molecule has 0 bridgehead atoms. The Morgan fingerprint density at radius 2 is 2.50 bits per heavy atom. The Hall–Kier alpha value is -0.325. The molecule has 0 aliphatic heterocycles. The summed E-state index contributed by atoms with van der Waals surface area (Å²) in [4.78, 5) is 0. The van der Waals surface area contributed by atoms with Gasteiger partial charge in [0.2, 0.25) is 0 Å². The Balaban J connectivity index is 2.04. The van der Waals surface area contributed by atoms with E-state index >= 15 is 0 Å². The van der Waals surface area contributed by atoms with Gasteiger partial charge in [0, 0.05) is 0 Å². The van der Waals surface area contributed by atoms with Crippen LogP contribution in [0.1, 0.15) is 12.8 Å². The lowest BCUT2D eigenvalue weighted by atomic mass is 9.27. The summed E-state index contributed by atoms with van der Waals surface area (Å²) in [5.41, 5.74) is 1.62. The molecule has 1 aliphatic rings. The van der Waals surface area contributed by atoms with Crippen LogP contribution in [0.4, 0.5) is 0 Å². The minimum absolute atomic E-state index is 1.21. The monoisotopic (exact) mass is 130 g/mol. The Bertz CT molecular complexity index is 149. The predicted molar refractivity (Wildman–Crippen MR) is 54.1 cm³/mol. The van der Waals surface area contributed by atoms with Gasteiger partial charge >= 0.3 is 0 Å². The van der Waals surface area contributed by atoms with Crippen LogP contribution in [0.25, 0.3) is 0 Å². The standard InChI is InChI=1S/C7H13B3/c8-10-9-6-5-7-3-1-2-4-7/h1-3,9-10H,4-6,8H2. The van der Waals surface area contributed by atoms with Gasteiger partial charge in [0.1, 0.15) is 0 Å². The van der Waals surface area contributed by atoms with E-state index in [4.69, 9.17) is 0 Å². The predicted octanol–water partition coefficient (Wildman–Crippen LogP) is 0.0172. The van der Waals surface area contributed by atoms with Crippen LogP contribution in [0, 0.1) is 0 Å². The minimum atomic E-state index is 1.21. The number of rotatable bonds is 4. The second kappa shape index (κ2) is 4.48. The van der Waals surface area contributed by atoms with E-state index in [0.717, 1.165) is 0 Å². The molecule has 10 heavy (non-hydrogen) atoms. The van der Waals surface area contributed by atoms with Crippen molar-refractivity contribution in [3.63, 3.8) is 0 Å². The molecule has 1 aliphatic carbocycles. The molecule has 0 N–H and O–H groups in total. The Kier molecular flexibility index (Phi) is 3.49. The summed E-state index contributed by atoms with van der Waals surface area (Å²) in [7, 11) is 4.97. The maximum Gasteiger partial charge on any atom is 0.0784 e. The van der Waals surface area contributed by atoms with Gasteiger partial charge in [-0.25, -0.2) is 0 Å². The molecule has 0 saturated carbocycles. The second-order valence-corrected chi connectivity index (χ2v) is 2.91. The maximum atomic E-state index is 2.26. The van der Waals surface area contributed by atoms with Crippen molar-refractivity contribution in [1.29, 1.82) is 0 Å². The Morgan fingerprint density at radius 3 is 3.10 bits per heavy atom. The highest BCUT2D eigenvalue weighted by molar-refractivity contribution is 7.23. The van der Waals surface area contributed by atoms with E-state index in [1.807, 2.05) is 0 Å². The number of hydrogen-bond acceptors (Lipinski definition) is 0. The summed E-state index contributed by atoms with van der Waals surface area (Å²) in [6, 6.07) is 0. The first kappa shape index (κ1) is 7.78.